The van der Waals surface area contributed by atoms with Gasteiger partial charge in [-0.15, -0.1) is 5.10 Å². The number of benzene rings is 2. The average Bonchev–Trinajstić information content (AvgIpc) is 3.37. The number of thiazole rings is 1. The smallest absolute Gasteiger partial charge is 0.291 e. The van der Waals surface area contributed by atoms with Crippen LogP contribution in [0.25, 0.3) is 11.0 Å². The Morgan fingerprint density at radius 2 is 2.11 bits per heavy atom. The molecule has 2 atom stereocenters. The lowest BCUT2D eigenvalue weighted by atomic mass is 10.0. The maximum absolute atomic E-state index is 12.9. The van der Waals surface area contributed by atoms with E-state index in [2.05, 4.69) is 29.2 Å². The minimum absolute atomic E-state index is 0.0402. The normalized spacial score (nSPS) is 13.8. The molecule has 2 aromatic carbocycles. The predicted octanol–water partition coefficient (Wildman–Crippen LogP) is 3.94. The van der Waals surface area contributed by atoms with Gasteiger partial charge in [-0.3, -0.25) is 14.9 Å². The monoisotopic (exact) mass is 513 g/mol. The van der Waals surface area contributed by atoms with Crippen molar-refractivity contribution in [1.29, 1.82) is 0 Å². The van der Waals surface area contributed by atoms with Gasteiger partial charge in [-0.1, -0.05) is 48.1 Å². The van der Waals surface area contributed by atoms with Gasteiger partial charge >= 0.3 is 0 Å². The van der Waals surface area contributed by atoms with E-state index >= 15 is 0 Å². The standard InChI is InChI=1S/C24H24ClN5O4S/c1-4-14(2)26-19(16-6-5-7-17(12-16)34-3)13-22-27-24-29(28-22)23(31)21(35-24)11-15-8-9-18(25)20(10-15)30(32)33/h5-12,14,19,26H,4,13H2,1-3H3/b21-11-. The highest BCUT2D eigenvalue weighted by atomic mass is 35.5. The first-order chi connectivity index (χ1) is 16.8. The summed E-state index contributed by atoms with van der Waals surface area (Å²) < 4.78 is 7.04. The maximum Gasteiger partial charge on any atom is 0.291 e. The first-order valence-corrected chi connectivity index (χ1v) is 12.2. The Morgan fingerprint density at radius 3 is 2.80 bits per heavy atom. The Hall–Kier alpha value is -3.34. The summed E-state index contributed by atoms with van der Waals surface area (Å²) in [6, 6.07) is 12.5. The zero-order valence-electron chi connectivity index (χ0n) is 19.4. The molecule has 35 heavy (non-hydrogen) atoms. The number of nitro groups is 1. The number of hydrogen-bond acceptors (Lipinski definition) is 8. The van der Waals surface area contributed by atoms with Crippen molar-refractivity contribution in [2.24, 2.45) is 0 Å². The van der Waals surface area contributed by atoms with E-state index in [-0.39, 0.29) is 28.4 Å². The number of hydrogen-bond donors (Lipinski definition) is 1. The SMILES string of the molecule is CCC(C)NC(Cc1nc2s/c(=C\c3ccc(Cl)c([N+](=O)[O-])c3)c(=O)n2n1)c1cccc(OC)c1. The molecule has 0 saturated carbocycles. The number of nitrogens with zero attached hydrogens (tertiary/aromatic N) is 4. The summed E-state index contributed by atoms with van der Waals surface area (Å²) in [5, 5.41) is 19.3. The molecule has 0 radical (unpaired) electrons. The summed E-state index contributed by atoms with van der Waals surface area (Å²) in [5.41, 5.74) is 1.00. The summed E-state index contributed by atoms with van der Waals surface area (Å²) in [4.78, 5) is 28.6. The molecule has 0 fully saturated rings. The molecular formula is C24H24ClN5O4S. The van der Waals surface area contributed by atoms with E-state index < -0.39 is 4.92 Å². The highest BCUT2D eigenvalue weighted by Gasteiger charge is 2.19. The number of rotatable bonds is 9. The number of halogens is 1. The van der Waals surface area contributed by atoms with Gasteiger partial charge in [0.1, 0.15) is 10.8 Å². The molecule has 2 heterocycles. The largest absolute Gasteiger partial charge is 0.497 e. The fourth-order valence-corrected chi connectivity index (χ4v) is 4.76. The first-order valence-electron chi connectivity index (χ1n) is 11.0. The second-order valence-corrected chi connectivity index (χ2v) is 9.53. The molecular weight excluding hydrogens is 490 g/mol. The molecule has 0 saturated heterocycles. The molecule has 182 valence electrons. The molecule has 0 aliphatic carbocycles. The predicted molar refractivity (Wildman–Crippen MR) is 136 cm³/mol. The first kappa shape index (κ1) is 24.8. The maximum atomic E-state index is 12.9. The molecule has 2 aromatic heterocycles. The van der Waals surface area contributed by atoms with Crippen LogP contribution in [0.5, 0.6) is 5.75 Å². The van der Waals surface area contributed by atoms with E-state index in [0.29, 0.717) is 27.3 Å². The van der Waals surface area contributed by atoms with Crippen molar-refractivity contribution >= 4 is 39.7 Å². The van der Waals surface area contributed by atoms with Crippen molar-refractivity contribution in [3.63, 3.8) is 0 Å². The molecule has 0 amide bonds. The van der Waals surface area contributed by atoms with Crippen LogP contribution in [-0.2, 0) is 6.42 Å². The third-order valence-electron chi connectivity index (χ3n) is 5.67. The Bertz CT molecular complexity index is 1490. The van der Waals surface area contributed by atoms with E-state index in [1.54, 1.807) is 19.3 Å². The van der Waals surface area contributed by atoms with Gasteiger partial charge in [0.2, 0.25) is 4.96 Å². The molecule has 4 rings (SSSR count). The fourth-order valence-electron chi connectivity index (χ4n) is 3.65. The molecule has 11 heteroatoms. The van der Waals surface area contributed by atoms with Gasteiger partial charge in [-0.25, -0.2) is 4.98 Å². The second-order valence-electron chi connectivity index (χ2n) is 8.12. The third-order valence-corrected chi connectivity index (χ3v) is 6.95. The van der Waals surface area contributed by atoms with E-state index in [9.17, 15) is 14.9 Å². The topological polar surface area (TPSA) is 112 Å². The van der Waals surface area contributed by atoms with Crippen molar-refractivity contribution in [3.8, 4) is 5.75 Å². The van der Waals surface area contributed by atoms with E-state index in [1.165, 1.54) is 28.0 Å². The lowest BCUT2D eigenvalue weighted by Gasteiger charge is -2.22. The van der Waals surface area contributed by atoms with Gasteiger partial charge in [-0.2, -0.15) is 4.52 Å². The van der Waals surface area contributed by atoms with Crippen LogP contribution in [0.15, 0.2) is 47.3 Å². The number of ether oxygens (including phenoxy) is 1. The van der Waals surface area contributed by atoms with Crippen molar-refractivity contribution in [2.75, 3.05) is 7.11 Å². The summed E-state index contributed by atoms with van der Waals surface area (Å²) in [5.74, 6) is 1.31. The van der Waals surface area contributed by atoms with Crippen molar-refractivity contribution in [2.45, 2.75) is 38.8 Å². The number of aromatic nitrogens is 3. The summed E-state index contributed by atoms with van der Waals surface area (Å²) in [7, 11) is 1.63. The van der Waals surface area contributed by atoms with Gasteiger partial charge in [0, 0.05) is 24.6 Å². The highest BCUT2D eigenvalue weighted by molar-refractivity contribution is 7.15. The van der Waals surface area contributed by atoms with Gasteiger partial charge in [0.15, 0.2) is 5.82 Å². The molecule has 0 aliphatic heterocycles. The van der Waals surface area contributed by atoms with Crippen LogP contribution in [0, 0.1) is 10.1 Å². The number of methoxy groups -OCH3 is 1. The van der Waals surface area contributed by atoms with Crippen LogP contribution in [0.4, 0.5) is 5.69 Å². The minimum Gasteiger partial charge on any atom is -0.497 e. The molecule has 0 bridgehead atoms. The zero-order chi connectivity index (χ0) is 25.1. The van der Waals surface area contributed by atoms with Crippen LogP contribution in [0.2, 0.25) is 5.02 Å². The van der Waals surface area contributed by atoms with Crippen molar-refractivity contribution < 1.29 is 9.66 Å². The lowest BCUT2D eigenvalue weighted by Crippen LogP contribution is -2.31. The highest BCUT2D eigenvalue weighted by Crippen LogP contribution is 2.26. The Kier molecular flexibility index (Phi) is 7.44. The van der Waals surface area contributed by atoms with Crippen LogP contribution in [0.3, 0.4) is 0 Å². The van der Waals surface area contributed by atoms with Gasteiger partial charge in [0.05, 0.1) is 16.6 Å². The molecule has 0 spiro atoms. The summed E-state index contributed by atoms with van der Waals surface area (Å²) in [6.07, 6.45) is 3.03. The van der Waals surface area contributed by atoms with Gasteiger partial charge < -0.3 is 10.1 Å². The van der Waals surface area contributed by atoms with Gasteiger partial charge in [-0.05, 0) is 48.7 Å². The van der Waals surface area contributed by atoms with Crippen molar-refractivity contribution in [3.05, 3.63) is 89.4 Å². The van der Waals surface area contributed by atoms with Crippen molar-refractivity contribution in [1.82, 2.24) is 19.9 Å². The van der Waals surface area contributed by atoms with E-state index in [4.69, 9.17) is 16.3 Å². The third kappa shape index (κ3) is 5.50. The summed E-state index contributed by atoms with van der Waals surface area (Å²) in [6.45, 7) is 4.23. The average molecular weight is 514 g/mol. The lowest BCUT2D eigenvalue weighted by molar-refractivity contribution is -0.384. The Balaban J connectivity index is 1.66. The van der Waals surface area contributed by atoms with Gasteiger partial charge in [0.25, 0.3) is 11.2 Å². The molecule has 1 N–H and O–H groups in total. The number of nitro benzene ring substituents is 1. The quantitative estimate of drug-likeness (QED) is 0.266. The second kappa shape index (κ2) is 10.5. The number of nitrogens with one attached hydrogen (secondary N) is 1. The van der Waals surface area contributed by atoms with Crippen LogP contribution in [0.1, 0.15) is 43.3 Å². The molecule has 9 nitrogen and oxygen atoms in total. The van der Waals surface area contributed by atoms with E-state index in [1.807, 2.05) is 24.3 Å². The molecule has 4 aromatic rings. The summed E-state index contributed by atoms with van der Waals surface area (Å²) >= 11 is 7.07. The fraction of sp³-hybridized carbons (Fsp3) is 0.292. The van der Waals surface area contributed by atoms with Crippen LogP contribution >= 0.6 is 22.9 Å². The van der Waals surface area contributed by atoms with Crippen LogP contribution in [-0.4, -0.2) is 32.7 Å². The number of fused-ring (bicyclic) bond motifs is 1. The van der Waals surface area contributed by atoms with E-state index in [0.717, 1.165) is 17.7 Å². The Labute approximate surface area is 210 Å². The molecule has 0 aliphatic rings. The Morgan fingerprint density at radius 1 is 1.31 bits per heavy atom. The molecule has 2 unspecified atom stereocenters. The van der Waals surface area contributed by atoms with Crippen LogP contribution < -0.4 is 20.1 Å². The minimum atomic E-state index is -0.557. The zero-order valence-corrected chi connectivity index (χ0v) is 21.0.